The van der Waals surface area contributed by atoms with E-state index < -0.39 is 0 Å². The number of para-hydroxylation sites is 1. The summed E-state index contributed by atoms with van der Waals surface area (Å²) in [6.45, 7) is 2.70. The number of esters is 1. The van der Waals surface area contributed by atoms with Gasteiger partial charge in [-0.05, 0) is 37.0 Å². The van der Waals surface area contributed by atoms with E-state index in [0.717, 1.165) is 36.1 Å². The number of fused-ring (bicyclic) bond motifs is 2. The molecule has 7 nitrogen and oxygen atoms in total. The second-order valence-corrected chi connectivity index (χ2v) is 8.83. The minimum absolute atomic E-state index is 0.0365. The number of hydrogen-bond acceptors (Lipinski definition) is 5. The van der Waals surface area contributed by atoms with Crippen molar-refractivity contribution in [1.82, 2.24) is 4.90 Å². The maximum absolute atomic E-state index is 13.3. The van der Waals surface area contributed by atoms with Gasteiger partial charge in [0.15, 0.2) is 0 Å². The highest BCUT2D eigenvalue weighted by Gasteiger charge is 2.48. The standard InChI is InChI=1S/C27H32N2O5/c1-3-28(24(30)16-17-25(31)33-2)26-20-12-7-8-14-22(20)29(23-15-9-13-21(23)26)27(32)34-18-19-10-5-4-6-11-19/h4-8,10-12,14,21,23,26H,3,9,13,15-18H2,1-2H3. The van der Waals surface area contributed by atoms with E-state index in [1.165, 1.54) is 7.11 Å². The number of benzene rings is 2. The predicted molar refractivity (Wildman–Crippen MR) is 128 cm³/mol. The molecule has 0 aromatic heterocycles. The molecule has 0 spiro atoms. The van der Waals surface area contributed by atoms with Crippen LogP contribution in [0.15, 0.2) is 54.6 Å². The number of ether oxygens (including phenoxy) is 2. The molecule has 180 valence electrons. The normalized spacial score (nSPS) is 20.8. The zero-order valence-corrected chi connectivity index (χ0v) is 19.8. The molecular formula is C27H32N2O5. The van der Waals surface area contributed by atoms with Gasteiger partial charge in [0.25, 0.3) is 0 Å². The van der Waals surface area contributed by atoms with Gasteiger partial charge in [0, 0.05) is 24.9 Å². The van der Waals surface area contributed by atoms with Crippen LogP contribution in [0.1, 0.15) is 56.2 Å². The van der Waals surface area contributed by atoms with E-state index in [1.54, 1.807) is 4.90 Å². The Kier molecular flexibility index (Phi) is 7.50. The lowest BCUT2D eigenvalue weighted by atomic mass is 9.81. The van der Waals surface area contributed by atoms with E-state index in [4.69, 9.17) is 9.47 Å². The van der Waals surface area contributed by atoms with Gasteiger partial charge in [-0.3, -0.25) is 14.5 Å². The summed E-state index contributed by atoms with van der Waals surface area (Å²) in [5, 5.41) is 0. The third kappa shape index (κ3) is 4.79. The quantitative estimate of drug-likeness (QED) is 0.547. The number of carbonyl (C=O) groups excluding carboxylic acids is 3. The molecule has 0 N–H and O–H groups in total. The molecule has 0 bridgehead atoms. The van der Waals surface area contributed by atoms with E-state index in [9.17, 15) is 14.4 Å². The molecule has 2 aromatic carbocycles. The van der Waals surface area contributed by atoms with Gasteiger partial charge in [0.05, 0.1) is 25.3 Å². The number of methoxy groups -OCH3 is 1. The van der Waals surface area contributed by atoms with Gasteiger partial charge in [-0.25, -0.2) is 4.79 Å². The van der Waals surface area contributed by atoms with Crippen molar-refractivity contribution in [1.29, 1.82) is 0 Å². The Hall–Kier alpha value is -3.35. The molecule has 1 heterocycles. The van der Waals surface area contributed by atoms with Gasteiger partial charge < -0.3 is 14.4 Å². The van der Waals surface area contributed by atoms with E-state index in [1.807, 2.05) is 66.4 Å². The van der Waals surface area contributed by atoms with Gasteiger partial charge in [0.2, 0.25) is 5.91 Å². The van der Waals surface area contributed by atoms with E-state index >= 15 is 0 Å². The van der Waals surface area contributed by atoms with E-state index in [-0.39, 0.29) is 55.4 Å². The Morgan fingerprint density at radius 2 is 1.74 bits per heavy atom. The zero-order chi connectivity index (χ0) is 24.1. The van der Waals surface area contributed by atoms with Crippen LogP contribution in [0.25, 0.3) is 0 Å². The van der Waals surface area contributed by atoms with Gasteiger partial charge >= 0.3 is 12.1 Å². The molecule has 1 aliphatic carbocycles. The summed E-state index contributed by atoms with van der Waals surface area (Å²) in [6, 6.07) is 17.3. The maximum atomic E-state index is 13.3. The Bertz CT molecular complexity index is 1020. The highest BCUT2D eigenvalue weighted by Crippen LogP contribution is 2.50. The number of nitrogens with zero attached hydrogens (tertiary/aromatic N) is 2. The highest BCUT2D eigenvalue weighted by atomic mass is 16.6. The van der Waals surface area contributed by atoms with Crippen LogP contribution >= 0.6 is 0 Å². The monoisotopic (exact) mass is 464 g/mol. The SMILES string of the molecule is CCN(C(=O)CCC(=O)OC)C1c2ccccc2N(C(=O)OCc2ccccc2)C2CCCC12. The van der Waals surface area contributed by atoms with Crippen LogP contribution in [-0.2, 0) is 25.7 Å². The van der Waals surface area contributed by atoms with Crippen LogP contribution in [0, 0.1) is 5.92 Å². The number of rotatable bonds is 7. The summed E-state index contributed by atoms with van der Waals surface area (Å²) in [5.74, 6) is -0.348. The average Bonchev–Trinajstić information content (AvgIpc) is 3.35. The summed E-state index contributed by atoms with van der Waals surface area (Å²) in [6.07, 6.45) is 2.59. The minimum Gasteiger partial charge on any atom is -0.469 e. The molecule has 3 unspecified atom stereocenters. The molecule has 34 heavy (non-hydrogen) atoms. The zero-order valence-electron chi connectivity index (χ0n) is 19.8. The fraction of sp³-hybridized carbons (Fsp3) is 0.444. The van der Waals surface area contributed by atoms with Crippen molar-refractivity contribution >= 4 is 23.7 Å². The lowest BCUT2D eigenvalue weighted by Crippen LogP contribution is -2.52. The topological polar surface area (TPSA) is 76.2 Å². The van der Waals surface area contributed by atoms with Crippen LogP contribution in [-0.4, -0.2) is 42.6 Å². The molecule has 3 atom stereocenters. The molecule has 0 saturated heterocycles. The first-order valence-electron chi connectivity index (χ1n) is 12.0. The summed E-state index contributed by atoms with van der Waals surface area (Å²) >= 11 is 0. The van der Waals surface area contributed by atoms with Crippen molar-refractivity contribution in [3.05, 3.63) is 65.7 Å². The summed E-state index contributed by atoms with van der Waals surface area (Å²) in [4.78, 5) is 41.8. The first-order valence-corrected chi connectivity index (χ1v) is 12.0. The van der Waals surface area contributed by atoms with E-state index in [0.29, 0.717) is 6.54 Å². The van der Waals surface area contributed by atoms with Crippen molar-refractivity contribution < 1.29 is 23.9 Å². The molecule has 7 heteroatoms. The Labute approximate surface area is 200 Å². The van der Waals surface area contributed by atoms with Crippen LogP contribution in [0.5, 0.6) is 0 Å². The number of hydrogen-bond donors (Lipinski definition) is 0. The molecule has 0 radical (unpaired) electrons. The second-order valence-electron chi connectivity index (χ2n) is 8.83. The van der Waals surface area contributed by atoms with Crippen LogP contribution in [0.3, 0.4) is 0 Å². The van der Waals surface area contributed by atoms with Crippen molar-refractivity contribution in [3.8, 4) is 0 Å². The molecule has 1 saturated carbocycles. The van der Waals surface area contributed by atoms with Gasteiger partial charge in [0.1, 0.15) is 6.61 Å². The van der Waals surface area contributed by atoms with Crippen molar-refractivity contribution in [2.24, 2.45) is 5.92 Å². The average molecular weight is 465 g/mol. The number of anilines is 1. The van der Waals surface area contributed by atoms with Gasteiger partial charge in [-0.1, -0.05) is 55.0 Å². The second kappa shape index (κ2) is 10.7. The molecule has 2 aromatic rings. The van der Waals surface area contributed by atoms with Crippen molar-refractivity contribution in [2.45, 2.75) is 57.7 Å². The molecule has 2 amide bonds. The van der Waals surface area contributed by atoms with Crippen LogP contribution in [0.4, 0.5) is 10.5 Å². The molecule has 4 rings (SSSR count). The molecular weight excluding hydrogens is 432 g/mol. The van der Waals surface area contributed by atoms with Crippen molar-refractivity contribution in [3.63, 3.8) is 0 Å². The first kappa shape index (κ1) is 23.8. The molecule has 1 aliphatic heterocycles. The maximum Gasteiger partial charge on any atom is 0.414 e. The third-order valence-corrected chi connectivity index (χ3v) is 6.95. The first-order chi connectivity index (χ1) is 16.5. The largest absolute Gasteiger partial charge is 0.469 e. The molecule has 1 fully saturated rings. The minimum atomic E-state index is -0.389. The summed E-state index contributed by atoms with van der Waals surface area (Å²) < 4.78 is 10.4. The Balaban J connectivity index is 1.61. The Morgan fingerprint density at radius 3 is 2.47 bits per heavy atom. The number of amides is 2. The summed E-state index contributed by atoms with van der Waals surface area (Å²) in [7, 11) is 1.33. The van der Waals surface area contributed by atoms with Crippen LogP contribution in [0.2, 0.25) is 0 Å². The highest BCUT2D eigenvalue weighted by molar-refractivity contribution is 5.91. The fourth-order valence-electron chi connectivity index (χ4n) is 5.43. The predicted octanol–water partition coefficient (Wildman–Crippen LogP) is 4.85. The summed E-state index contributed by atoms with van der Waals surface area (Å²) in [5.41, 5.74) is 2.69. The molecule has 2 aliphatic rings. The van der Waals surface area contributed by atoms with Gasteiger partial charge in [-0.15, -0.1) is 0 Å². The smallest absolute Gasteiger partial charge is 0.414 e. The van der Waals surface area contributed by atoms with Crippen molar-refractivity contribution in [2.75, 3.05) is 18.6 Å². The lowest BCUT2D eigenvalue weighted by molar-refractivity contribution is -0.144. The number of carbonyl (C=O) groups is 3. The third-order valence-electron chi connectivity index (χ3n) is 6.95. The lowest BCUT2D eigenvalue weighted by Gasteiger charge is -2.46. The van der Waals surface area contributed by atoms with Gasteiger partial charge in [-0.2, -0.15) is 0 Å². The van der Waals surface area contributed by atoms with Crippen LogP contribution < -0.4 is 4.90 Å². The van der Waals surface area contributed by atoms with E-state index in [2.05, 4.69) is 0 Å². The fourth-order valence-corrected chi connectivity index (χ4v) is 5.43. The Morgan fingerprint density at radius 1 is 1.00 bits per heavy atom.